The number of hydrogen-bond donors (Lipinski definition) is 3. The first-order valence-corrected chi connectivity index (χ1v) is 14.2. The van der Waals surface area contributed by atoms with E-state index in [1.54, 1.807) is 62.3 Å². The number of ether oxygens (including phenoxy) is 3. The van der Waals surface area contributed by atoms with Gasteiger partial charge in [-0.05, 0) is 106 Å². The fourth-order valence-electron chi connectivity index (χ4n) is 2.88. The van der Waals surface area contributed by atoms with E-state index in [-0.39, 0.29) is 102 Å². The number of allylic oxidation sites excluding steroid dienone is 2. The van der Waals surface area contributed by atoms with Crippen LogP contribution < -0.4 is 16.0 Å². The summed E-state index contributed by atoms with van der Waals surface area (Å²) in [6.45, 7) is 22.4. The molecule has 1 atom stereocenters. The molecular formula is C31H51N3O9Y2-2. The van der Waals surface area contributed by atoms with Crippen LogP contribution in [0.3, 0.4) is 0 Å². The summed E-state index contributed by atoms with van der Waals surface area (Å²) in [4.78, 5) is 69.4. The summed E-state index contributed by atoms with van der Waals surface area (Å²) < 4.78 is 15.3. The smallest absolute Gasteiger partial charge is 0.408 e. The van der Waals surface area contributed by atoms with Crippen molar-refractivity contribution < 1.29 is 108 Å². The van der Waals surface area contributed by atoms with Crippen molar-refractivity contribution in [3.63, 3.8) is 0 Å². The standard InChI is InChI=1S/C20H33N2O6.C11H18NO3.2Y/c1-8-14(23)11-9-10-12-16(24)15(22-18(26)28-20(5,6)7)13-21-17(25)27-19(2,3)4;1-5-9(13)7-6-8-12-10(14)15-11(2,3)4;;/h15H,1,9-13H2,2-7H3,(H,21,25)(H,22,26);1,6-8H2,2-4H3,(H,12,14);;/q2*-1;;. The number of rotatable bonds is 15. The van der Waals surface area contributed by atoms with E-state index in [2.05, 4.69) is 41.3 Å². The molecule has 0 heterocycles. The number of amides is 3. The Kier molecular flexibility index (Phi) is 28.6. The molecule has 0 fully saturated rings. The van der Waals surface area contributed by atoms with Gasteiger partial charge < -0.3 is 51.9 Å². The zero-order chi connectivity index (χ0) is 33.9. The van der Waals surface area contributed by atoms with Crippen LogP contribution in [0.15, 0.2) is 13.2 Å². The van der Waals surface area contributed by atoms with E-state index in [4.69, 9.17) is 14.2 Å². The number of alkyl carbamates (subject to hydrolysis) is 3. The zero-order valence-electron chi connectivity index (χ0n) is 28.5. The molecule has 0 aliphatic rings. The predicted octanol–water partition coefficient (Wildman–Crippen LogP) is 4.94. The molecule has 0 saturated carbocycles. The molecule has 45 heavy (non-hydrogen) atoms. The van der Waals surface area contributed by atoms with E-state index in [0.29, 0.717) is 32.2 Å². The molecule has 0 aliphatic carbocycles. The number of Topliss-reactive ketones (excluding diaryl/α,β-unsaturated/α-hetero) is 3. The summed E-state index contributed by atoms with van der Waals surface area (Å²) in [5.74, 6) is -0.625. The minimum atomic E-state index is -0.968. The van der Waals surface area contributed by atoms with Crippen LogP contribution in [0, 0.1) is 12.2 Å². The maximum Gasteiger partial charge on any atom is 0.408 e. The van der Waals surface area contributed by atoms with Gasteiger partial charge in [-0.25, -0.2) is 14.4 Å². The predicted molar refractivity (Wildman–Crippen MR) is 162 cm³/mol. The Balaban J connectivity index is -0.000000421. The van der Waals surface area contributed by atoms with Crippen LogP contribution in [0.4, 0.5) is 14.4 Å². The molecule has 0 aromatic heterocycles. The molecule has 252 valence electrons. The molecule has 0 spiro atoms. The number of unbranched alkanes of at least 4 members (excludes halogenated alkanes) is 1. The summed E-state index contributed by atoms with van der Waals surface area (Å²) in [6.07, 6.45) is 4.90. The van der Waals surface area contributed by atoms with E-state index < -0.39 is 41.1 Å². The summed E-state index contributed by atoms with van der Waals surface area (Å²) in [7, 11) is 0. The molecule has 0 saturated heterocycles. The number of carbonyl (C=O) groups excluding carboxylic acids is 6. The van der Waals surface area contributed by atoms with E-state index in [1.807, 2.05) is 0 Å². The van der Waals surface area contributed by atoms with Gasteiger partial charge in [0.15, 0.2) is 5.78 Å². The molecule has 3 amide bonds. The molecule has 0 aliphatic heterocycles. The number of hydrogen-bond acceptors (Lipinski definition) is 9. The van der Waals surface area contributed by atoms with E-state index in [9.17, 15) is 28.8 Å². The van der Waals surface area contributed by atoms with Crippen molar-refractivity contribution >= 4 is 35.6 Å². The van der Waals surface area contributed by atoms with Gasteiger partial charge in [-0.3, -0.25) is 18.0 Å². The van der Waals surface area contributed by atoms with Crippen LogP contribution in [-0.2, 0) is 94.0 Å². The van der Waals surface area contributed by atoms with Gasteiger partial charge in [0.25, 0.3) is 0 Å². The SMILES string of the molecule is C=[C-]C(=O)CCCCC(=O)C(CNC(=O)OC(C)(C)C)NC(=O)OC(C)(C)C.C=[C-]C(=O)CCCNC(=O)OC(C)(C)C.[Y].[Y]. The fraction of sp³-hybridized carbons (Fsp3) is 0.677. The van der Waals surface area contributed by atoms with E-state index in [0.717, 1.165) is 0 Å². The second-order valence-electron chi connectivity index (χ2n) is 12.5. The second kappa shape index (κ2) is 25.6. The fourth-order valence-corrected chi connectivity index (χ4v) is 2.88. The van der Waals surface area contributed by atoms with Gasteiger partial charge in [0.2, 0.25) is 0 Å². The third kappa shape index (κ3) is 35.2. The second-order valence-corrected chi connectivity index (χ2v) is 12.5. The van der Waals surface area contributed by atoms with Crippen LogP contribution in [-0.4, -0.2) is 71.6 Å². The Morgan fingerprint density at radius 1 is 0.600 bits per heavy atom. The Hall–Kier alpha value is -1.49. The van der Waals surface area contributed by atoms with Crippen molar-refractivity contribution in [3.8, 4) is 0 Å². The molecular weight excluding hydrogens is 736 g/mol. The minimum absolute atomic E-state index is 0. The maximum absolute atomic E-state index is 12.5. The van der Waals surface area contributed by atoms with Crippen molar-refractivity contribution in [3.05, 3.63) is 25.3 Å². The molecule has 0 rings (SSSR count). The molecule has 14 heteroatoms. The number of carbonyl (C=O) groups is 6. The molecule has 3 N–H and O–H groups in total. The minimum Gasteiger partial charge on any atom is -0.444 e. The Labute approximate surface area is 319 Å². The molecule has 0 aromatic carbocycles. The van der Waals surface area contributed by atoms with Gasteiger partial charge in [-0.1, -0.05) is 0 Å². The summed E-state index contributed by atoms with van der Waals surface area (Å²) >= 11 is 0. The monoisotopic (exact) mass is 787 g/mol. The normalized spacial score (nSPS) is 11.3. The number of ketones is 3. The Morgan fingerprint density at radius 3 is 1.40 bits per heavy atom. The van der Waals surface area contributed by atoms with Crippen LogP contribution in [0.5, 0.6) is 0 Å². The largest absolute Gasteiger partial charge is 0.444 e. The first kappa shape index (κ1) is 50.4. The molecule has 2 radical (unpaired) electrons. The van der Waals surface area contributed by atoms with Crippen molar-refractivity contribution in [2.75, 3.05) is 13.1 Å². The van der Waals surface area contributed by atoms with Gasteiger partial charge in [0, 0.05) is 84.9 Å². The third-order valence-corrected chi connectivity index (χ3v) is 4.65. The molecule has 1 unspecified atom stereocenters. The van der Waals surface area contributed by atoms with Crippen molar-refractivity contribution in [1.82, 2.24) is 16.0 Å². The van der Waals surface area contributed by atoms with Gasteiger partial charge in [0.1, 0.15) is 22.8 Å². The Bertz CT molecular complexity index is 967. The van der Waals surface area contributed by atoms with Crippen molar-refractivity contribution in [2.45, 2.75) is 124 Å². The molecule has 0 bridgehead atoms. The molecule has 0 aromatic rings. The van der Waals surface area contributed by atoms with Gasteiger partial charge >= 0.3 is 18.3 Å². The van der Waals surface area contributed by atoms with Crippen molar-refractivity contribution in [1.29, 1.82) is 0 Å². The summed E-state index contributed by atoms with van der Waals surface area (Å²) in [5.41, 5.74) is -1.90. The van der Waals surface area contributed by atoms with Gasteiger partial charge in [0.05, 0.1) is 0 Å². The zero-order valence-corrected chi connectivity index (χ0v) is 34.2. The van der Waals surface area contributed by atoms with Crippen LogP contribution in [0.25, 0.3) is 0 Å². The Morgan fingerprint density at radius 2 is 0.978 bits per heavy atom. The first-order valence-electron chi connectivity index (χ1n) is 14.2. The van der Waals surface area contributed by atoms with Gasteiger partial charge in [-0.2, -0.15) is 0 Å². The molecule has 12 nitrogen and oxygen atoms in total. The van der Waals surface area contributed by atoms with E-state index in [1.165, 1.54) is 0 Å². The summed E-state index contributed by atoms with van der Waals surface area (Å²) in [6, 6.07) is -0.968. The number of nitrogens with one attached hydrogen (secondary N) is 3. The van der Waals surface area contributed by atoms with Crippen LogP contribution in [0.1, 0.15) is 101 Å². The quantitative estimate of drug-likeness (QED) is 0.0903. The average molecular weight is 788 g/mol. The maximum atomic E-state index is 12.5. The van der Waals surface area contributed by atoms with Gasteiger partial charge in [-0.15, -0.1) is 0 Å². The average Bonchev–Trinajstić information content (AvgIpc) is 2.83. The topological polar surface area (TPSA) is 166 Å². The van der Waals surface area contributed by atoms with E-state index >= 15 is 0 Å². The van der Waals surface area contributed by atoms with Crippen molar-refractivity contribution in [2.24, 2.45) is 0 Å². The summed E-state index contributed by atoms with van der Waals surface area (Å²) in [5, 5.41) is 7.52. The van der Waals surface area contributed by atoms with Crippen LogP contribution >= 0.6 is 0 Å². The first-order chi connectivity index (χ1) is 19.6. The third-order valence-electron chi connectivity index (χ3n) is 4.65. The van der Waals surface area contributed by atoms with Crippen LogP contribution in [0.2, 0.25) is 0 Å².